The van der Waals surface area contributed by atoms with E-state index in [1.807, 2.05) is 17.4 Å². The number of rotatable bonds is 4. The van der Waals surface area contributed by atoms with Gasteiger partial charge in [0, 0.05) is 14.2 Å². The van der Waals surface area contributed by atoms with Gasteiger partial charge in [0.05, 0.1) is 5.38 Å². The molecular weight excluding hydrogens is 316 g/mol. The van der Waals surface area contributed by atoms with E-state index in [0.717, 1.165) is 17.3 Å². The molecule has 90 valence electrons. The molecule has 0 aliphatic rings. The summed E-state index contributed by atoms with van der Waals surface area (Å²) in [5, 5.41) is 0.0783. The topological polar surface area (TPSA) is 0 Å². The molecule has 0 fully saturated rings. The molecule has 1 unspecified atom stereocenters. The molecule has 17 heavy (non-hydrogen) atoms. The van der Waals surface area contributed by atoms with Crippen molar-refractivity contribution in [3.63, 3.8) is 0 Å². The molecule has 1 heterocycles. The third-order valence-corrected chi connectivity index (χ3v) is 5.00. The number of alkyl halides is 1. The lowest BCUT2D eigenvalue weighted by molar-refractivity contribution is 0.939. The molecule has 0 bridgehead atoms. The van der Waals surface area contributed by atoms with Crippen LogP contribution in [0.25, 0.3) is 0 Å². The fourth-order valence-electron chi connectivity index (χ4n) is 1.72. The molecule has 1 atom stereocenters. The standard InChI is InChI=1S/C14H14BrClS/c1-2-12-6-7-14(17-12)13(16)9-10-4-3-5-11(15)8-10/h3-8,13H,2,9H2,1H3. The maximum atomic E-state index is 6.46. The van der Waals surface area contributed by atoms with E-state index in [2.05, 4.69) is 53.2 Å². The number of aryl methyl sites for hydroxylation is 1. The molecule has 0 aliphatic heterocycles. The van der Waals surface area contributed by atoms with Crippen LogP contribution < -0.4 is 0 Å². The zero-order chi connectivity index (χ0) is 12.3. The SMILES string of the molecule is CCc1ccc(C(Cl)Cc2cccc(Br)c2)s1. The highest BCUT2D eigenvalue weighted by atomic mass is 79.9. The second-order valence-corrected chi connectivity index (χ2v) is 6.60. The van der Waals surface area contributed by atoms with Crippen LogP contribution in [-0.4, -0.2) is 0 Å². The van der Waals surface area contributed by atoms with Crippen LogP contribution in [0.2, 0.25) is 0 Å². The largest absolute Gasteiger partial charge is 0.144 e. The molecule has 1 aromatic carbocycles. The molecular formula is C14H14BrClS. The maximum Gasteiger partial charge on any atom is 0.0718 e. The fourth-order valence-corrected chi connectivity index (χ4v) is 3.49. The van der Waals surface area contributed by atoms with E-state index in [-0.39, 0.29) is 5.38 Å². The first kappa shape index (κ1) is 13.1. The van der Waals surface area contributed by atoms with Crippen LogP contribution in [0.3, 0.4) is 0 Å². The number of hydrogen-bond donors (Lipinski definition) is 0. The van der Waals surface area contributed by atoms with Crippen molar-refractivity contribution in [3.8, 4) is 0 Å². The summed E-state index contributed by atoms with van der Waals surface area (Å²) in [6, 6.07) is 12.7. The maximum absolute atomic E-state index is 6.46. The normalized spacial score (nSPS) is 12.6. The Hall–Kier alpha value is -0.310. The summed E-state index contributed by atoms with van der Waals surface area (Å²) in [5.74, 6) is 0. The molecule has 0 saturated heterocycles. The zero-order valence-corrected chi connectivity index (χ0v) is 12.8. The van der Waals surface area contributed by atoms with Crippen molar-refractivity contribution in [2.45, 2.75) is 25.1 Å². The average Bonchev–Trinajstić information content (AvgIpc) is 2.77. The van der Waals surface area contributed by atoms with Gasteiger partial charge in [0.15, 0.2) is 0 Å². The third kappa shape index (κ3) is 3.57. The van der Waals surface area contributed by atoms with Crippen molar-refractivity contribution < 1.29 is 0 Å². The molecule has 0 aliphatic carbocycles. The van der Waals surface area contributed by atoms with E-state index >= 15 is 0 Å². The van der Waals surface area contributed by atoms with Gasteiger partial charge in [0.2, 0.25) is 0 Å². The summed E-state index contributed by atoms with van der Waals surface area (Å²) in [5.41, 5.74) is 1.27. The molecule has 2 aromatic rings. The summed E-state index contributed by atoms with van der Waals surface area (Å²) in [6.45, 7) is 2.17. The van der Waals surface area contributed by atoms with Crippen molar-refractivity contribution in [3.05, 3.63) is 56.2 Å². The third-order valence-electron chi connectivity index (χ3n) is 2.64. The van der Waals surface area contributed by atoms with Crippen LogP contribution in [0.15, 0.2) is 40.9 Å². The quantitative estimate of drug-likeness (QED) is 0.641. The van der Waals surface area contributed by atoms with Crippen LogP contribution in [-0.2, 0) is 12.8 Å². The molecule has 3 heteroatoms. The van der Waals surface area contributed by atoms with E-state index in [1.54, 1.807) is 0 Å². The minimum atomic E-state index is 0.0783. The molecule has 0 N–H and O–H groups in total. The van der Waals surface area contributed by atoms with Gasteiger partial charge < -0.3 is 0 Å². The van der Waals surface area contributed by atoms with Crippen molar-refractivity contribution in [1.29, 1.82) is 0 Å². The summed E-state index contributed by atoms with van der Waals surface area (Å²) in [7, 11) is 0. The first-order valence-corrected chi connectivity index (χ1v) is 7.70. The van der Waals surface area contributed by atoms with E-state index in [1.165, 1.54) is 15.3 Å². The molecule has 0 nitrogen and oxygen atoms in total. The van der Waals surface area contributed by atoms with Gasteiger partial charge in [-0.3, -0.25) is 0 Å². The summed E-state index contributed by atoms with van der Waals surface area (Å²) in [4.78, 5) is 2.67. The highest BCUT2D eigenvalue weighted by molar-refractivity contribution is 9.10. The lowest BCUT2D eigenvalue weighted by Crippen LogP contribution is -1.93. The Morgan fingerprint density at radius 2 is 2.12 bits per heavy atom. The van der Waals surface area contributed by atoms with Crippen LogP contribution in [0.5, 0.6) is 0 Å². The number of benzene rings is 1. The number of halogens is 2. The molecule has 1 aromatic heterocycles. The van der Waals surface area contributed by atoms with Gasteiger partial charge in [-0.25, -0.2) is 0 Å². The minimum Gasteiger partial charge on any atom is -0.144 e. The Balaban J connectivity index is 2.08. The summed E-state index contributed by atoms with van der Waals surface area (Å²) < 4.78 is 1.11. The highest BCUT2D eigenvalue weighted by Crippen LogP contribution is 2.31. The van der Waals surface area contributed by atoms with Gasteiger partial charge in [-0.15, -0.1) is 22.9 Å². The van der Waals surface area contributed by atoms with Gasteiger partial charge >= 0.3 is 0 Å². The fraction of sp³-hybridized carbons (Fsp3) is 0.286. The van der Waals surface area contributed by atoms with Gasteiger partial charge in [0.1, 0.15) is 0 Å². The predicted octanol–water partition coefficient (Wildman–Crippen LogP) is 5.60. The first-order chi connectivity index (χ1) is 8.19. The number of hydrogen-bond acceptors (Lipinski definition) is 1. The predicted molar refractivity (Wildman–Crippen MR) is 80.1 cm³/mol. The highest BCUT2D eigenvalue weighted by Gasteiger charge is 2.11. The van der Waals surface area contributed by atoms with Crippen molar-refractivity contribution in [1.82, 2.24) is 0 Å². The van der Waals surface area contributed by atoms with Gasteiger partial charge in [-0.1, -0.05) is 35.0 Å². The van der Waals surface area contributed by atoms with Crippen LogP contribution in [0.4, 0.5) is 0 Å². The van der Waals surface area contributed by atoms with Crippen molar-refractivity contribution >= 4 is 38.9 Å². The van der Waals surface area contributed by atoms with Crippen LogP contribution in [0.1, 0.15) is 27.6 Å². The van der Waals surface area contributed by atoms with Crippen LogP contribution in [0, 0.1) is 0 Å². The summed E-state index contributed by atoms with van der Waals surface area (Å²) in [6.07, 6.45) is 1.97. The Morgan fingerprint density at radius 3 is 2.76 bits per heavy atom. The van der Waals surface area contributed by atoms with E-state index in [9.17, 15) is 0 Å². The summed E-state index contributed by atoms with van der Waals surface area (Å²) >= 11 is 11.8. The van der Waals surface area contributed by atoms with E-state index in [0.29, 0.717) is 0 Å². The zero-order valence-electron chi connectivity index (χ0n) is 9.62. The molecule has 0 saturated carbocycles. The second kappa shape index (κ2) is 6.03. The Labute approximate surface area is 120 Å². The smallest absolute Gasteiger partial charge is 0.0718 e. The molecule has 2 rings (SSSR count). The van der Waals surface area contributed by atoms with Crippen LogP contribution >= 0.6 is 38.9 Å². The van der Waals surface area contributed by atoms with Crippen molar-refractivity contribution in [2.75, 3.05) is 0 Å². The Kier molecular flexibility index (Phi) is 4.66. The first-order valence-electron chi connectivity index (χ1n) is 5.66. The van der Waals surface area contributed by atoms with E-state index in [4.69, 9.17) is 11.6 Å². The van der Waals surface area contributed by atoms with Gasteiger partial charge in [0.25, 0.3) is 0 Å². The molecule has 0 spiro atoms. The monoisotopic (exact) mass is 328 g/mol. The molecule has 0 radical (unpaired) electrons. The minimum absolute atomic E-state index is 0.0783. The van der Waals surface area contributed by atoms with E-state index < -0.39 is 0 Å². The number of thiophene rings is 1. The molecule has 0 amide bonds. The van der Waals surface area contributed by atoms with Crippen molar-refractivity contribution in [2.24, 2.45) is 0 Å². The second-order valence-electron chi connectivity index (χ2n) is 3.96. The van der Waals surface area contributed by atoms with Gasteiger partial charge in [-0.2, -0.15) is 0 Å². The average molecular weight is 330 g/mol. The lowest BCUT2D eigenvalue weighted by atomic mass is 10.1. The lowest BCUT2D eigenvalue weighted by Gasteiger charge is -2.07. The Morgan fingerprint density at radius 1 is 1.29 bits per heavy atom. The van der Waals surface area contributed by atoms with Gasteiger partial charge in [-0.05, 0) is 42.7 Å². The Bertz CT molecular complexity index is 492.